The number of non-ortho nitro benzene ring substituents is 1. The van der Waals surface area contributed by atoms with E-state index in [1.165, 1.54) is 24.5 Å². The summed E-state index contributed by atoms with van der Waals surface area (Å²) in [6, 6.07) is 16.5. The van der Waals surface area contributed by atoms with Gasteiger partial charge in [0.15, 0.2) is 5.84 Å². The van der Waals surface area contributed by atoms with E-state index in [-0.39, 0.29) is 11.6 Å². The number of nitro benzene ring substituents is 1. The van der Waals surface area contributed by atoms with Gasteiger partial charge in [0, 0.05) is 46.2 Å². The molecular weight excluding hydrogens is 585 g/mol. The quantitative estimate of drug-likeness (QED) is 0.107. The number of benzene rings is 2. The summed E-state index contributed by atoms with van der Waals surface area (Å²) in [4.78, 5) is 32.7. The number of hydrogen-bond donors (Lipinski definition) is 2. The first-order valence-corrected chi connectivity index (χ1v) is 11.9. The third kappa shape index (κ3) is 4.47. The minimum Gasteiger partial charge on any atom is -0.277 e. The van der Waals surface area contributed by atoms with Crippen LogP contribution in [0.5, 0.6) is 0 Å². The van der Waals surface area contributed by atoms with E-state index in [1.54, 1.807) is 41.4 Å². The van der Waals surface area contributed by atoms with E-state index < -0.39 is 8.97 Å². The summed E-state index contributed by atoms with van der Waals surface area (Å²) in [6.45, 7) is 0. The number of carbonyl (C=O) groups is 1. The first kappa shape index (κ1) is 22.9. The van der Waals surface area contributed by atoms with Crippen LogP contribution >= 0.6 is 34.2 Å². The fourth-order valence-electron chi connectivity index (χ4n) is 3.61. The Bertz CT molecular complexity index is 1470. The van der Waals surface area contributed by atoms with Crippen molar-refractivity contribution in [3.05, 3.63) is 105 Å². The third-order valence-electron chi connectivity index (χ3n) is 5.26. The largest absolute Gasteiger partial charge is 0.277 e. The summed E-state index contributed by atoms with van der Waals surface area (Å²) in [7, 11) is 0. The van der Waals surface area contributed by atoms with Crippen LogP contribution in [0, 0.1) is 10.1 Å². The van der Waals surface area contributed by atoms with Crippen LogP contribution in [-0.2, 0) is 0 Å². The van der Waals surface area contributed by atoms with Crippen LogP contribution in [0.1, 0.15) is 25.7 Å². The molecule has 10 nitrogen and oxygen atoms in total. The fourth-order valence-corrected chi connectivity index (χ4v) is 4.64. The minimum atomic E-state index is -0.477. The Hall–Kier alpha value is -3.84. The zero-order chi connectivity index (χ0) is 24.5. The maximum Gasteiger partial charge on any atom is 0.270 e. The number of nitro groups is 1. The summed E-state index contributed by atoms with van der Waals surface area (Å²) in [5, 5.41) is 21.0. The summed E-state index contributed by atoms with van der Waals surface area (Å²) in [6.07, 6.45) is 3.04. The number of pyridine rings is 1. The highest BCUT2D eigenvalue weighted by Crippen LogP contribution is 2.43. The van der Waals surface area contributed by atoms with Gasteiger partial charge in [0.05, 0.1) is 10.6 Å². The highest BCUT2D eigenvalue weighted by atomic mass is 127. The van der Waals surface area contributed by atoms with Crippen LogP contribution < -0.4 is 5.43 Å². The second-order valence-corrected chi connectivity index (χ2v) is 9.09. The first-order chi connectivity index (χ1) is 16.9. The number of aromatic amines is 1. The standard InChI is InChI=1S/C23H15ClIN7O3/c24-16-5-1-3-14(11-16)18-19-20(29-28-18)21(25)31(30-23(33)13-7-9-26-10-8-13)22(27-19)15-4-2-6-17(12-15)32(34)35/h1-12,21H,(H,28,29)(H,30,33). The molecule has 5 rings (SSSR count). The molecule has 3 heterocycles. The van der Waals surface area contributed by atoms with Crippen molar-refractivity contribution >= 4 is 57.3 Å². The van der Waals surface area contributed by atoms with E-state index in [0.717, 1.165) is 5.56 Å². The number of carbonyl (C=O) groups excluding carboxylic acids is 1. The number of hydrogen-bond acceptors (Lipinski definition) is 7. The Kier molecular flexibility index (Phi) is 6.17. The van der Waals surface area contributed by atoms with Crippen molar-refractivity contribution in [1.29, 1.82) is 0 Å². The van der Waals surface area contributed by atoms with Crippen molar-refractivity contribution in [3.8, 4) is 11.3 Å². The average Bonchev–Trinajstić information content (AvgIpc) is 3.30. The smallest absolute Gasteiger partial charge is 0.270 e. The number of alkyl halides is 1. The zero-order valence-electron chi connectivity index (χ0n) is 17.7. The molecule has 0 fully saturated rings. The molecule has 0 radical (unpaired) electrons. The number of nitrogens with zero attached hydrogens (tertiary/aromatic N) is 5. The lowest BCUT2D eigenvalue weighted by atomic mass is 10.1. The maximum atomic E-state index is 13.0. The van der Waals surface area contributed by atoms with E-state index in [0.29, 0.717) is 39.1 Å². The van der Waals surface area contributed by atoms with Crippen molar-refractivity contribution in [3.63, 3.8) is 0 Å². The van der Waals surface area contributed by atoms with Crippen molar-refractivity contribution in [2.45, 2.75) is 4.05 Å². The number of halogens is 2. The van der Waals surface area contributed by atoms with Gasteiger partial charge in [-0.1, -0.05) is 35.9 Å². The Balaban J connectivity index is 1.64. The van der Waals surface area contributed by atoms with Crippen molar-refractivity contribution in [2.75, 3.05) is 0 Å². The zero-order valence-corrected chi connectivity index (χ0v) is 20.6. The van der Waals surface area contributed by atoms with Crippen LogP contribution in [0.15, 0.2) is 78.0 Å². The second-order valence-electron chi connectivity index (χ2n) is 7.47. The molecule has 2 N–H and O–H groups in total. The average molecular weight is 600 g/mol. The van der Waals surface area contributed by atoms with E-state index >= 15 is 0 Å². The molecule has 0 saturated carbocycles. The highest BCUT2D eigenvalue weighted by molar-refractivity contribution is 14.1. The number of fused-ring (bicyclic) bond motifs is 1. The first-order valence-electron chi connectivity index (χ1n) is 10.2. The lowest BCUT2D eigenvalue weighted by Gasteiger charge is -2.33. The number of aliphatic imine (C=N–C) groups is 1. The van der Waals surface area contributed by atoms with E-state index in [9.17, 15) is 14.9 Å². The van der Waals surface area contributed by atoms with E-state index in [4.69, 9.17) is 16.6 Å². The van der Waals surface area contributed by atoms with E-state index in [2.05, 4.69) is 43.2 Å². The Labute approximate surface area is 217 Å². The van der Waals surface area contributed by atoms with Gasteiger partial charge in [-0.3, -0.25) is 30.4 Å². The summed E-state index contributed by atoms with van der Waals surface area (Å²) in [5.41, 5.74) is 6.19. The number of amides is 1. The SMILES string of the molecule is O=C(NN1C(c2cccc([N+](=O)[O-])c2)=Nc2c(-c3cccc(Cl)c3)n[nH]c2C1I)c1ccncc1. The molecular formula is C23H15ClIN7O3. The number of hydrazine groups is 1. The van der Waals surface area contributed by atoms with Gasteiger partial charge in [0.2, 0.25) is 0 Å². The Morgan fingerprint density at radius 3 is 2.60 bits per heavy atom. The second kappa shape index (κ2) is 9.43. The van der Waals surface area contributed by atoms with Crippen molar-refractivity contribution < 1.29 is 9.72 Å². The molecule has 1 unspecified atom stereocenters. The molecule has 1 amide bonds. The number of rotatable bonds is 5. The van der Waals surface area contributed by atoms with Crippen LogP contribution in [0.2, 0.25) is 5.02 Å². The molecule has 1 aliphatic heterocycles. The molecule has 1 atom stereocenters. The van der Waals surface area contributed by atoms with Gasteiger partial charge < -0.3 is 0 Å². The van der Waals surface area contributed by atoms with Gasteiger partial charge in [-0.05, 0) is 46.9 Å². The molecule has 2 aromatic carbocycles. The lowest BCUT2D eigenvalue weighted by Crippen LogP contribution is -2.48. The molecule has 2 aromatic heterocycles. The van der Waals surface area contributed by atoms with Gasteiger partial charge in [-0.25, -0.2) is 10.0 Å². The van der Waals surface area contributed by atoms with Gasteiger partial charge in [0.1, 0.15) is 15.4 Å². The molecule has 0 saturated heterocycles. The van der Waals surface area contributed by atoms with E-state index in [1.807, 2.05) is 12.1 Å². The number of H-pyrrole nitrogens is 1. The fraction of sp³-hybridized carbons (Fsp3) is 0.0435. The predicted molar refractivity (Wildman–Crippen MR) is 139 cm³/mol. The molecule has 174 valence electrons. The lowest BCUT2D eigenvalue weighted by molar-refractivity contribution is -0.384. The molecule has 1 aliphatic rings. The van der Waals surface area contributed by atoms with Crippen LogP contribution in [0.3, 0.4) is 0 Å². The Morgan fingerprint density at radius 2 is 1.86 bits per heavy atom. The normalized spacial score (nSPS) is 14.7. The summed E-state index contributed by atoms with van der Waals surface area (Å²) >= 11 is 8.34. The molecule has 0 spiro atoms. The molecule has 12 heteroatoms. The third-order valence-corrected chi connectivity index (χ3v) is 6.67. The number of amidine groups is 1. The predicted octanol–water partition coefficient (Wildman–Crippen LogP) is 5.21. The molecule has 4 aromatic rings. The van der Waals surface area contributed by atoms with Crippen molar-refractivity contribution in [2.24, 2.45) is 4.99 Å². The topological polar surface area (TPSA) is 129 Å². The van der Waals surface area contributed by atoms with Crippen LogP contribution in [0.25, 0.3) is 11.3 Å². The highest BCUT2D eigenvalue weighted by Gasteiger charge is 2.34. The molecule has 0 aliphatic carbocycles. The van der Waals surface area contributed by atoms with Crippen molar-refractivity contribution in [1.82, 2.24) is 25.6 Å². The number of aromatic nitrogens is 3. The minimum absolute atomic E-state index is 0.0938. The Morgan fingerprint density at radius 1 is 1.11 bits per heavy atom. The van der Waals surface area contributed by atoms with Gasteiger partial charge in [-0.2, -0.15) is 5.10 Å². The van der Waals surface area contributed by atoms with Gasteiger partial charge in [-0.15, -0.1) is 0 Å². The number of nitrogens with one attached hydrogen (secondary N) is 2. The van der Waals surface area contributed by atoms with Gasteiger partial charge in [0.25, 0.3) is 11.6 Å². The maximum absolute atomic E-state index is 13.0. The monoisotopic (exact) mass is 599 g/mol. The molecule has 35 heavy (non-hydrogen) atoms. The summed E-state index contributed by atoms with van der Waals surface area (Å²) in [5.74, 6) is -0.0575. The van der Waals surface area contributed by atoms with Gasteiger partial charge >= 0.3 is 0 Å². The van der Waals surface area contributed by atoms with Crippen LogP contribution in [-0.4, -0.2) is 36.9 Å². The van der Waals surface area contributed by atoms with Crippen LogP contribution in [0.4, 0.5) is 11.4 Å². The molecule has 0 bridgehead atoms. The summed E-state index contributed by atoms with van der Waals surface area (Å²) < 4.78 is -0.458.